The lowest BCUT2D eigenvalue weighted by Crippen LogP contribution is -2.33. The molecule has 29 heavy (non-hydrogen) atoms. The first-order chi connectivity index (χ1) is 13.9. The van der Waals surface area contributed by atoms with Gasteiger partial charge < -0.3 is 5.11 Å². The van der Waals surface area contributed by atoms with Gasteiger partial charge in [0, 0.05) is 0 Å². The van der Waals surface area contributed by atoms with Crippen LogP contribution in [-0.4, -0.2) is 11.2 Å². The van der Waals surface area contributed by atoms with E-state index in [1.165, 1.54) is 56.1 Å². The molecule has 1 N–H and O–H groups in total. The van der Waals surface area contributed by atoms with E-state index in [0.717, 1.165) is 37.0 Å². The molecule has 164 valence electrons. The lowest BCUT2D eigenvalue weighted by Gasteiger charge is -2.42. The summed E-state index contributed by atoms with van der Waals surface area (Å²) in [6, 6.07) is 0. The topological polar surface area (TPSA) is 20.2 Å². The molecule has 0 aromatic rings. The SMILES string of the molecule is C=C1CCC(O)C/C1=C\C=C1/CCCC2(C)C(C/C=C/CC(C)C)CCC12.CC. The molecule has 3 rings (SSSR count). The zero-order valence-corrected chi connectivity index (χ0v) is 19.8. The molecule has 3 aliphatic carbocycles. The van der Waals surface area contributed by atoms with E-state index < -0.39 is 0 Å². The van der Waals surface area contributed by atoms with Gasteiger partial charge in [-0.1, -0.05) is 76.6 Å². The highest BCUT2D eigenvalue weighted by atomic mass is 16.3. The molecule has 0 amide bonds. The predicted octanol–water partition coefficient (Wildman–Crippen LogP) is 8.18. The minimum absolute atomic E-state index is 0.176. The van der Waals surface area contributed by atoms with Gasteiger partial charge in [-0.25, -0.2) is 0 Å². The maximum Gasteiger partial charge on any atom is 0.0583 e. The van der Waals surface area contributed by atoms with Gasteiger partial charge in [0.2, 0.25) is 0 Å². The van der Waals surface area contributed by atoms with E-state index in [-0.39, 0.29) is 6.10 Å². The Labute approximate surface area is 181 Å². The molecule has 3 aliphatic rings. The van der Waals surface area contributed by atoms with Crippen molar-refractivity contribution in [3.8, 4) is 0 Å². The number of fused-ring (bicyclic) bond motifs is 1. The molecular weight excluding hydrogens is 352 g/mol. The molecule has 0 spiro atoms. The monoisotopic (exact) mass is 398 g/mol. The Balaban J connectivity index is 0.00000145. The second-order valence-electron chi connectivity index (χ2n) is 9.96. The van der Waals surface area contributed by atoms with E-state index in [0.29, 0.717) is 5.41 Å². The van der Waals surface area contributed by atoms with Crippen molar-refractivity contribution >= 4 is 0 Å². The second kappa shape index (κ2) is 11.3. The average Bonchev–Trinajstić information content (AvgIpc) is 3.04. The molecule has 0 aliphatic heterocycles. The quantitative estimate of drug-likeness (QED) is 0.463. The van der Waals surface area contributed by atoms with Gasteiger partial charge in [-0.05, 0) is 93.0 Å². The first-order valence-electron chi connectivity index (χ1n) is 12.3. The molecule has 4 atom stereocenters. The molecule has 0 aromatic heterocycles. The number of hydrogen-bond donors (Lipinski definition) is 1. The summed E-state index contributed by atoms with van der Waals surface area (Å²) in [4.78, 5) is 0. The fourth-order valence-corrected chi connectivity index (χ4v) is 5.76. The molecular formula is C28H46O. The Hall–Kier alpha value is -1.08. The van der Waals surface area contributed by atoms with E-state index >= 15 is 0 Å². The molecule has 0 heterocycles. The Morgan fingerprint density at radius 1 is 1.10 bits per heavy atom. The summed E-state index contributed by atoms with van der Waals surface area (Å²) in [7, 11) is 0. The first kappa shape index (κ1) is 24.2. The van der Waals surface area contributed by atoms with Crippen LogP contribution < -0.4 is 0 Å². The van der Waals surface area contributed by atoms with Crippen molar-refractivity contribution in [3.05, 3.63) is 47.6 Å². The lowest BCUT2D eigenvalue weighted by atomic mass is 9.63. The highest BCUT2D eigenvalue weighted by Gasteiger charge is 2.48. The minimum Gasteiger partial charge on any atom is -0.393 e. The van der Waals surface area contributed by atoms with Crippen LogP contribution in [0.2, 0.25) is 0 Å². The standard InChI is InChI=1S/C26H40O.C2H6/c1-19(2)8-5-6-10-23-14-16-25-21(9-7-17-26(23,25)4)12-13-22-18-24(27)15-11-20(22)3;1-2/h5-6,12-13,19,23-25,27H,3,7-11,14-18H2,1-2,4H3;1-2H3/b6-5+,21-12+,22-13+;. The Morgan fingerprint density at radius 3 is 2.59 bits per heavy atom. The van der Waals surface area contributed by atoms with Gasteiger partial charge >= 0.3 is 0 Å². The summed E-state index contributed by atoms with van der Waals surface area (Å²) in [6.45, 7) is 15.4. The highest BCUT2D eigenvalue weighted by Crippen LogP contribution is 2.58. The summed E-state index contributed by atoms with van der Waals surface area (Å²) in [5.41, 5.74) is 4.65. The van der Waals surface area contributed by atoms with E-state index in [1.807, 2.05) is 13.8 Å². The summed E-state index contributed by atoms with van der Waals surface area (Å²) >= 11 is 0. The minimum atomic E-state index is -0.176. The van der Waals surface area contributed by atoms with Gasteiger partial charge in [-0.3, -0.25) is 0 Å². The van der Waals surface area contributed by atoms with E-state index in [1.54, 1.807) is 5.57 Å². The lowest BCUT2D eigenvalue weighted by molar-refractivity contribution is 0.137. The molecule has 3 saturated carbocycles. The van der Waals surface area contributed by atoms with E-state index in [9.17, 15) is 5.11 Å². The van der Waals surface area contributed by atoms with E-state index in [2.05, 4.69) is 51.7 Å². The van der Waals surface area contributed by atoms with Crippen LogP contribution in [0.15, 0.2) is 47.6 Å². The van der Waals surface area contributed by atoms with Crippen molar-refractivity contribution in [2.75, 3.05) is 0 Å². The van der Waals surface area contributed by atoms with E-state index in [4.69, 9.17) is 0 Å². The van der Waals surface area contributed by atoms with Crippen molar-refractivity contribution in [2.45, 2.75) is 105 Å². The van der Waals surface area contributed by atoms with Crippen molar-refractivity contribution < 1.29 is 5.11 Å². The van der Waals surface area contributed by atoms with Crippen molar-refractivity contribution in [2.24, 2.45) is 23.2 Å². The highest BCUT2D eigenvalue weighted by molar-refractivity contribution is 5.36. The third-order valence-electron chi connectivity index (χ3n) is 7.54. The second-order valence-corrected chi connectivity index (χ2v) is 9.96. The largest absolute Gasteiger partial charge is 0.393 e. The molecule has 0 bridgehead atoms. The fourth-order valence-electron chi connectivity index (χ4n) is 5.76. The maximum absolute atomic E-state index is 9.99. The number of hydrogen-bond acceptors (Lipinski definition) is 1. The third-order valence-corrected chi connectivity index (χ3v) is 7.54. The third kappa shape index (κ3) is 6.20. The number of rotatable bonds is 5. The molecule has 4 unspecified atom stereocenters. The molecule has 0 aromatic carbocycles. The van der Waals surface area contributed by atoms with Gasteiger partial charge in [-0.15, -0.1) is 0 Å². The normalized spacial score (nSPS) is 35.3. The van der Waals surface area contributed by atoms with Gasteiger partial charge in [0.15, 0.2) is 0 Å². The smallest absolute Gasteiger partial charge is 0.0583 e. The van der Waals surface area contributed by atoms with Crippen molar-refractivity contribution in [3.63, 3.8) is 0 Å². The van der Waals surface area contributed by atoms with Gasteiger partial charge in [-0.2, -0.15) is 0 Å². The van der Waals surface area contributed by atoms with Crippen LogP contribution >= 0.6 is 0 Å². The molecule has 1 nitrogen and oxygen atoms in total. The van der Waals surface area contributed by atoms with Crippen LogP contribution in [0.25, 0.3) is 0 Å². The summed E-state index contributed by atoms with van der Waals surface area (Å²) < 4.78 is 0. The maximum atomic E-state index is 9.99. The Kier molecular flexibility index (Phi) is 9.47. The van der Waals surface area contributed by atoms with Gasteiger partial charge in [0.1, 0.15) is 0 Å². The number of allylic oxidation sites excluding steroid dienone is 6. The zero-order valence-electron chi connectivity index (χ0n) is 19.8. The molecule has 3 fully saturated rings. The van der Waals surface area contributed by atoms with Crippen LogP contribution in [0.1, 0.15) is 98.8 Å². The predicted molar refractivity (Wildman–Crippen MR) is 128 cm³/mol. The molecule has 0 saturated heterocycles. The number of aliphatic hydroxyl groups excluding tert-OH is 1. The van der Waals surface area contributed by atoms with Gasteiger partial charge in [0.05, 0.1) is 6.10 Å². The average molecular weight is 399 g/mol. The van der Waals surface area contributed by atoms with Crippen LogP contribution in [0, 0.1) is 23.2 Å². The van der Waals surface area contributed by atoms with Crippen LogP contribution in [-0.2, 0) is 0 Å². The van der Waals surface area contributed by atoms with Gasteiger partial charge in [0.25, 0.3) is 0 Å². The summed E-state index contributed by atoms with van der Waals surface area (Å²) in [6.07, 6.45) is 21.2. The van der Waals surface area contributed by atoms with Crippen LogP contribution in [0.3, 0.4) is 0 Å². The first-order valence-corrected chi connectivity index (χ1v) is 12.3. The Bertz CT molecular complexity index is 620. The van der Waals surface area contributed by atoms with Crippen LogP contribution in [0.4, 0.5) is 0 Å². The number of aliphatic hydroxyl groups is 1. The zero-order chi connectivity index (χ0) is 21.4. The molecule has 0 radical (unpaired) electrons. The van der Waals surface area contributed by atoms with Crippen LogP contribution in [0.5, 0.6) is 0 Å². The summed E-state index contributed by atoms with van der Waals surface area (Å²) in [5, 5.41) is 9.99. The molecule has 1 heteroatoms. The van der Waals surface area contributed by atoms with Crippen molar-refractivity contribution in [1.29, 1.82) is 0 Å². The Morgan fingerprint density at radius 2 is 1.86 bits per heavy atom. The van der Waals surface area contributed by atoms with Crippen molar-refractivity contribution in [1.82, 2.24) is 0 Å². The fraction of sp³-hybridized carbons (Fsp3) is 0.714. The summed E-state index contributed by atoms with van der Waals surface area (Å²) in [5.74, 6) is 2.36.